The zero-order valence-corrected chi connectivity index (χ0v) is 9.47. The Morgan fingerprint density at radius 3 is 2.86 bits per heavy atom. The SMILES string of the molecule is CC1C(=O)N(C)CN1c1ncc(Cl)s1. The van der Waals surface area contributed by atoms with Crippen LogP contribution in [0.5, 0.6) is 0 Å². The minimum absolute atomic E-state index is 0.122. The fourth-order valence-corrected chi connectivity index (χ4v) is 2.45. The van der Waals surface area contributed by atoms with E-state index in [1.54, 1.807) is 18.1 Å². The van der Waals surface area contributed by atoms with Gasteiger partial charge in [0, 0.05) is 7.05 Å². The molecular weight excluding hydrogens is 222 g/mol. The molecule has 0 N–H and O–H groups in total. The minimum Gasteiger partial charge on any atom is -0.326 e. The first-order valence-electron chi connectivity index (χ1n) is 4.22. The Balaban J connectivity index is 2.25. The number of thiazole rings is 1. The zero-order valence-electron chi connectivity index (χ0n) is 7.90. The molecule has 1 fully saturated rings. The summed E-state index contributed by atoms with van der Waals surface area (Å²) in [6.07, 6.45) is 1.61. The van der Waals surface area contributed by atoms with Crippen LogP contribution in [0.3, 0.4) is 0 Å². The second-order valence-electron chi connectivity index (χ2n) is 3.27. The number of anilines is 1. The van der Waals surface area contributed by atoms with Gasteiger partial charge in [-0.15, -0.1) is 0 Å². The molecule has 0 spiro atoms. The molecule has 1 atom stereocenters. The molecule has 2 heterocycles. The van der Waals surface area contributed by atoms with Gasteiger partial charge in [0.15, 0.2) is 5.13 Å². The van der Waals surface area contributed by atoms with Crippen LogP contribution in [0.1, 0.15) is 6.92 Å². The van der Waals surface area contributed by atoms with Crippen molar-refractivity contribution in [1.82, 2.24) is 9.88 Å². The molecule has 0 saturated carbocycles. The van der Waals surface area contributed by atoms with E-state index < -0.39 is 0 Å². The fourth-order valence-electron chi connectivity index (χ4n) is 1.48. The van der Waals surface area contributed by atoms with Crippen LogP contribution < -0.4 is 4.90 Å². The first-order chi connectivity index (χ1) is 6.59. The summed E-state index contributed by atoms with van der Waals surface area (Å²) in [6.45, 7) is 2.46. The van der Waals surface area contributed by atoms with E-state index in [4.69, 9.17) is 11.6 Å². The number of nitrogens with zero attached hydrogens (tertiary/aromatic N) is 3. The number of hydrogen-bond acceptors (Lipinski definition) is 4. The molecule has 4 nitrogen and oxygen atoms in total. The summed E-state index contributed by atoms with van der Waals surface area (Å²) < 4.78 is 0.647. The summed E-state index contributed by atoms with van der Waals surface area (Å²) in [5.41, 5.74) is 0. The molecular formula is C8H10ClN3OS. The third kappa shape index (κ3) is 1.46. The third-order valence-electron chi connectivity index (χ3n) is 2.28. The number of aromatic nitrogens is 1. The highest BCUT2D eigenvalue weighted by atomic mass is 35.5. The van der Waals surface area contributed by atoms with Crippen LogP contribution in [0, 0.1) is 0 Å². The smallest absolute Gasteiger partial charge is 0.246 e. The van der Waals surface area contributed by atoms with Crippen molar-refractivity contribution in [2.24, 2.45) is 0 Å². The normalized spacial score (nSPS) is 22.2. The summed E-state index contributed by atoms with van der Waals surface area (Å²) >= 11 is 7.18. The van der Waals surface area contributed by atoms with Gasteiger partial charge in [-0.05, 0) is 6.92 Å². The number of carbonyl (C=O) groups excluding carboxylic acids is 1. The van der Waals surface area contributed by atoms with E-state index in [1.807, 2.05) is 11.8 Å². The van der Waals surface area contributed by atoms with Crippen LogP contribution in [0.25, 0.3) is 0 Å². The maximum atomic E-state index is 11.5. The maximum Gasteiger partial charge on any atom is 0.246 e. The predicted molar refractivity (Wildman–Crippen MR) is 56.7 cm³/mol. The average Bonchev–Trinajstić information content (AvgIpc) is 2.66. The minimum atomic E-state index is -0.137. The number of rotatable bonds is 1. The van der Waals surface area contributed by atoms with Gasteiger partial charge in [0.25, 0.3) is 0 Å². The highest BCUT2D eigenvalue weighted by molar-refractivity contribution is 7.19. The highest BCUT2D eigenvalue weighted by Gasteiger charge is 2.34. The average molecular weight is 232 g/mol. The van der Waals surface area contributed by atoms with Gasteiger partial charge in [0.1, 0.15) is 10.4 Å². The molecule has 0 aromatic carbocycles. The third-order valence-corrected chi connectivity index (χ3v) is 3.43. The van der Waals surface area contributed by atoms with E-state index in [2.05, 4.69) is 4.98 Å². The molecule has 0 radical (unpaired) electrons. The van der Waals surface area contributed by atoms with Crippen molar-refractivity contribution < 1.29 is 4.79 Å². The van der Waals surface area contributed by atoms with Crippen LogP contribution in [0.4, 0.5) is 5.13 Å². The number of carbonyl (C=O) groups is 1. The molecule has 1 aliphatic heterocycles. The lowest BCUT2D eigenvalue weighted by Gasteiger charge is -2.16. The first-order valence-corrected chi connectivity index (χ1v) is 5.42. The van der Waals surface area contributed by atoms with Crippen molar-refractivity contribution in [1.29, 1.82) is 0 Å². The molecule has 1 unspecified atom stereocenters. The molecule has 1 amide bonds. The Kier molecular flexibility index (Phi) is 2.36. The number of hydrogen-bond donors (Lipinski definition) is 0. The number of likely N-dealkylation sites (N-methyl/N-ethyl adjacent to an activating group) is 1. The molecule has 14 heavy (non-hydrogen) atoms. The fraction of sp³-hybridized carbons (Fsp3) is 0.500. The van der Waals surface area contributed by atoms with Gasteiger partial charge in [-0.1, -0.05) is 22.9 Å². The Morgan fingerprint density at radius 2 is 2.43 bits per heavy atom. The van der Waals surface area contributed by atoms with E-state index in [0.29, 0.717) is 11.0 Å². The molecule has 2 rings (SSSR count). The van der Waals surface area contributed by atoms with Gasteiger partial charge in [0.05, 0.1) is 12.9 Å². The van der Waals surface area contributed by atoms with Crippen molar-refractivity contribution in [2.75, 3.05) is 18.6 Å². The van der Waals surface area contributed by atoms with Gasteiger partial charge in [-0.3, -0.25) is 4.79 Å². The summed E-state index contributed by atoms with van der Waals surface area (Å²) in [5, 5.41) is 0.806. The van der Waals surface area contributed by atoms with Crippen LogP contribution >= 0.6 is 22.9 Å². The molecule has 0 aliphatic carbocycles. The van der Waals surface area contributed by atoms with Gasteiger partial charge < -0.3 is 9.80 Å². The standard InChI is InChI=1S/C8H10ClN3OS/c1-5-7(13)11(2)4-12(5)8-10-3-6(9)14-8/h3,5H,4H2,1-2H3. The van der Waals surface area contributed by atoms with Crippen molar-refractivity contribution in [3.05, 3.63) is 10.5 Å². The highest BCUT2D eigenvalue weighted by Crippen LogP contribution is 2.30. The van der Waals surface area contributed by atoms with Crippen molar-refractivity contribution in [3.8, 4) is 0 Å². The monoisotopic (exact) mass is 231 g/mol. The van der Waals surface area contributed by atoms with E-state index >= 15 is 0 Å². The molecule has 1 aliphatic rings. The molecule has 1 aromatic heterocycles. The lowest BCUT2D eigenvalue weighted by Crippen LogP contribution is -2.29. The van der Waals surface area contributed by atoms with Gasteiger partial charge >= 0.3 is 0 Å². The topological polar surface area (TPSA) is 36.4 Å². The summed E-state index contributed by atoms with van der Waals surface area (Å²) in [7, 11) is 1.79. The van der Waals surface area contributed by atoms with E-state index in [1.165, 1.54) is 11.3 Å². The number of amides is 1. The molecule has 6 heteroatoms. The quantitative estimate of drug-likeness (QED) is 0.734. The van der Waals surface area contributed by atoms with Gasteiger partial charge in [-0.25, -0.2) is 4.98 Å². The van der Waals surface area contributed by atoms with Gasteiger partial charge in [-0.2, -0.15) is 0 Å². The Bertz CT molecular complexity index is 367. The molecule has 0 bridgehead atoms. The van der Waals surface area contributed by atoms with Crippen LogP contribution in [0.2, 0.25) is 4.34 Å². The summed E-state index contributed by atoms with van der Waals surface area (Å²) in [6, 6.07) is -0.137. The van der Waals surface area contributed by atoms with Crippen LogP contribution in [-0.2, 0) is 4.79 Å². The van der Waals surface area contributed by atoms with E-state index in [0.717, 1.165) is 5.13 Å². The first kappa shape index (κ1) is 9.73. The predicted octanol–water partition coefficient (Wildman–Crippen LogP) is 1.42. The van der Waals surface area contributed by atoms with Gasteiger partial charge in [0.2, 0.25) is 5.91 Å². The van der Waals surface area contributed by atoms with Crippen LogP contribution in [0.15, 0.2) is 6.20 Å². The van der Waals surface area contributed by atoms with E-state index in [-0.39, 0.29) is 11.9 Å². The molecule has 1 saturated heterocycles. The van der Waals surface area contributed by atoms with E-state index in [9.17, 15) is 4.79 Å². The summed E-state index contributed by atoms with van der Waals surface area (Å²) in [4.78, 5) is 19.3. The van der Waals surface area contributed by atoms with Crippen molar-refractivity contribution in [2.45, 2.75) is 13.0 Å². The lowest BCUT2D eigenvalue weighted by molar-refractivity contribution is -0.127. The molecule has 76 valence electrons. The second-order valence-corrected chi connectivity index (χ2v) is 4.91. The van der Waals surface area contributed by atoms with Crippen molar-refractivity contribution in [3.63, 3.8) is 0 Å². The number of halogens is 1. The zero-order chi connectivity index (χ0) is 10.3. The Labute approximate surface area is 91.1 Å². The lowest BCUT2D eigenvalue weighted by atomic mass is 10.3. The molecule has 1 aromatic rings. The maximum absolute atomic E-state index is 11.5. The van der Waals surface area contributed by atoms with Crippen molar-refractivity contribution >= 4 is 34.0 Å². The Morgan fingerprint density at radius 1 is 1.71 bits per heavy atom. The Hall–Kier alpha value is -0.810. The summed E-state index contributed by atoms with van der Waals surface area (Å²) in [5.74, 6) is 0.122. The van der Waals surface area contributed by atoms with Crippen LogP contribution in [-0.4, -0.2) is 35.5 Å². The largest absolute Gasteiger partial charge is 0.326 e. The second kappa shape index (κ2) is 3.40.